The van der Waals surface area contributed by atoms with E-state index in [1.807, 2.05) is 0 Å². The molecular weight excluding hydrogens is 447 g/mol. The fourth-order valence-electron chi connectivity index (χ4n) is 4.40. The molecule has 4 aromatic rings. The van der Waals surface area contributed by atoms with Gasteiger partial charge in [0.25, 0.3) is 0 Å². The maximum absolute atomic E-state index is 5.65. The fourth-order valence-corrected chi connectivity index (χ4v) is 4.62. The summed E-state index contributed by atoms with van der Waals surface area (Å²) in [6.07, 6.45) is 2.35. The Bertz CT molecular complexity index is 1190. The van der Waals surface area contributed by atoms with Crippen LogP contribution in [0.15, 0.2) is 91.0 Å². The van der Waals surface area contributed by atoms with Gasteiger partial charge in [-0.05, 0) is 0 Å². The van der Waals surface area contributed by atoms with Gasteiger partial charge in [0.1, 0.15) is 0 Å². The van der Waals surface area contributed by atoms with Gasteiger partial charge in [0.2, 0.25) is 0 Å². The predicted octanol–water partition coefficient (Wildman–Crippen LogP) is 0.512. The van der Waals surface area contributed by atoms with Gasteiger partial charge in [-0.2, -0.15) is 0 Å². The Morgan fingerprint density at radius 2 is 1.40 bits per heavy atom. The van der Waals surface area contributed by atoms with E-state index in [0.717, 1.165) is 0 Å². The maximum atomic E-state index is 5.65. The van der Waals surface area contributed by atoms with Crippen molar-refractivity contribution in [2.24, 2.45) is 0 Å². The summed E-state index contributed by atoms with van der Waals surface area (Å²) in [6, 6.07) is 32.6. The zero-order valence-corrected chi connectivity index (χ0v) is 19.3. The molecule has 0 fully saturated rings. The summed E-state index contributed by atoms with van der Waals surface area (Å²) in [7, 11) is 0. The van der Waals surface area contributed by atoms with Crippen molar-refractivity contribution in [1.82, 2.24) is 0 Å². The van der Waals surface area contributed by atoms with Gasteiger partial charge in [-0.1, -0.05) is 0 Å². The van der Waals surface area contributed by atoms with Crippen molar-refractivity contribution >= 4 is 22.4 Å². The molecule has 30 heavy (non-hydrogen) atoms. The van der Waals surface area contributed by atoms with E-state index < -0.39 is 0 Å². The van der Waals surface area contributed by atoms with Gasteiger partial charge in [-0.3, -0.25) is 0 Å². The van der Waals surface area contributed by atoms with Crippen molar-refractivity contribution in [1.29, 1.82) is 0 Å². The average molecular weight is 466 g/mol. The van der Waals surface area contributed by atoms with Crippen LogP contribution in [0.3, 0.4) is 0 Å². The van der Waals surface area contributed by atoms with Crippen LogP contribution in [0.2, 0.25) is 0 Å². The Morgan fingerprint density at radius 1 is 0.700 bits per heavy atom. The van der Waals surface area contributed by atoms with Crippen LogP contribution >= 0.6 is 0 Å². The van der Waals surface area contributed by atoms with Crippen molar-refractivity contribution in [2.45, 2.75) is 12.5 Å². The molecule has 0 bridgehead atoms. The van der Waals surface area contributed by atoms with E-state index >= 15 is 0 Å². The first-order valence-electron chi connectivity index (χ1n) is 9.52. The first-order valence-corrected chi connectivity index (χ1v) is 10.2. The minimum absolute atomic E-state index is 0. The molecule has 0 saturated heterocycles. The molecule has 4 aromatic carbocycles. The molecule has 5 rings (SSSR count). The monoisotopic (exact) mass is 465 g/mol. The molecule has 0 saturated carbocycles. The van der Waals surface area contributed by atoms with Crippen molar-refractivity contribution in [3.05, 3.63) is 119 Å². The quantitative estimate of drug-likeness (QED) is 0.399. The van der Waals surface area contributed by atoms with Crippen LogP contribution in [0.4, 0.5) is 0 Å². The molecule has 0 heterocycles. The van der Waals surface area contributed by atoms with Crippen LogP contribution in [-0.2, 0) is 30.7 Å². The third-order valence-corrected chi connectivity index (χ3v) is 5.87. The summed E-state index contributed by atoms with van der Waals surface area (Å²) in [5, 5.41) is 2.54. The number of hydrogen-bond acceptors (Lipinski definition) is 1. The van der Waals surface area contributed by atoms with Crippen LogP contribution in [-0.4, -0.2) is 0 Å². The molecule has 4 heteroatoms. The van der Waals surface area contributed by atoms with Crippen molar-refractivity contribution in [3.63, 3.8) is 0 Å². The summed E-state index contributed by atoms with van der Waals surface area (Å²) in [5.41, 5.74) is 7.93. The van der Waals surface area contributed by atoms with Crippen molar-refractivity contribution in [2.75, 3.05) is 0 Å². The van der Waals surface area contributed by atoms with Crippen molar-refractivity contribution < 1.29 is 49.0 Å². The third-order valence-electron chi connectivity index (χ3n) is 5.64. The molecule has 1 aliphatic carbocycles. The van der Waals surface area contributed by atoms with Crippen LogP contribution in [0, 0.1) is 0 Å². The standard InChI is InChI=1S/C26H19O.2ClH.Ti/c27-17-25-21-12-6-4-10-19(21)14-15-23(25)26-22-13-7-5-11-20(22)16-24(26)18-8-2-1-3-9-18;;;/h1-16,26H,17H2;2*1H;/q-1;;;+3/p-2. The van der Waals surface area contributed by atoms with Gasteiger partial charge in [-0.15, -0.1) is 0 Å². The molecule has 0 N–H and O–H groups in total. The topological polar surface area (TPSA) is 9.23 Å². The molecule has 1 aliphatic rings. The number of benzene rings is 4. The van der Waals surface area contributed by atoms with Gasteiger partial charge < -0.3 is 24.8 Å². The third kappa shape index (κ3) is 4.01. The Balaban J connectivity index is 0.00000128. The van der Waals surface area contributed by atoms with E-state index in [4.69, 9.17) is 3.32 Å². The summed E-state index contributed by atoms with van der Waals surface area (Å²) in [6.45, 7) is 0.609. The molecule has 0 aliphatic heterocycles. The Hall–Kier alpha value is -1.87. The van der Waals surface area contributed by atoms with Crippen LogP contribution in [0.1, 0.15) is 33.7 Å². The van der Waals surface area contributed by atoms with E-state index in [1.165, 1.54) is 44.2 Å². The fraction of sp³-hybridized carbons (Fsp3) is 0.0769. The second-order valence-corrected chi connectivity index (χ2v) is 7.62. The molecular formula is C26H19Cl2OTi. The average Bonchev–Trinajstić information content (AvgIpc) is 3.14. The molecule has 1 unspecified atom stereocenters. The second kappa shape index (κ2) is 9.96. The van der Waals surface area contributed by atoms with Gasteiger partial charge >= 0.3 is 178 Å². The molecule has 0 radical (unpaired) electrons. The number of fused-ring (bicyclic) bond motifs is 2. The zero-order valence-electron chi connectivity index (χ0n) is 16.2. The first kappa shape index (κ1) is 22.8. The van der Waals surface area contributed by atoms with E-state index in [-0.39, 0.29) is 30.7 Å². The van der Waals surface area contributed by atoms with Gasteiger partial charge in [0, 0.05) is 0 Å². The molecule has 0 amide bonds. The van der Waals surface area contributed by atoms with Crippen LogP contribution in [0.25, 0.3) is 22.4 Å². The Labute approximate surface area is 201 Å². The SMILES string of the molecule is [Cl-].[Cl-].[Ti+2][O]Cc1c(C2C(c3ccccc3)=Cc3ccccc32)ccc2ccccc12. The normalized spacial score (nSPS) is 14.5. The van der Waals surface area contributed by atoms with Crippen molar-refractivity contribution in [3.8, 4) is 0 Å². The van der Waals surface area contributed by atoms with E-state index in [2.05, 4.69) is 97.1 Å². The summed E-state index contributed by atoms with van der Waals surface area (Å²) in [5.74, 6) is 0.216. The zero-order chi connectivity index (χ0) is 18.9. The number of allylic oxidation sites excluding steroid dienone is 1. The predicted molar refractivity (Wildman–Crippen MR) is 111 cm³/mol. The van der Waals surface area contributed by atoms with Gasteiger partial charge in [-0.25, -0.2) is 0 Å². The molecule has 1 nitrogen and oxygen atoms in total. The minimum atomic E-state index is 0. The van der Waals surface area contributed by atoms with Crippen LogP contribution < -0.4 is 24.8 Å². The summed E-state index contributed by atoms with van der Waals surface area (Å²) < 4.78 is 5.65. The summed E-state index contributed by atoms with van der Waals surface area (Å²) >= 11 is 1.78. The second-order valence-electron chi connectivity index (χ2n) is 7.17. The molecule has 147 valence electrons. The number of halogens is 2. The Morgan fingerprint density at radius 3 is 2.20 bits per heavy atom. The number of hydrogen-bond donors (Lipinski definition) is 0. The van der Waals surface area contributed by atoms with E-state index in [9.17, 15) is 0 Å². The summed E-state index contributed by atoms with van der Waals surface area (Å²) in [4.78, 5) is 0. The first-order chi connectivity index (χ1) is 13.9. The van der Waals surface area contributed by atoms with Gasteiger partial charge in [0.05, 0.1) is 0 Å². The number of rotatable bonds is 4. The molecule has 1 atom stereocenters. The Kier molecular flexibility index (Phi) is 7.57. The molecule has 0 aromatic heterocycles. The van der Waals surface area contributed by atoms with E-state index in [0.29, 0.717) is 6.61 Å². The molecule has 0 spiro atoms. The van der Waals surface area contributed by atoms with Gasteiger partial charge in [0.15, 0.2) is 0 Å². The van der Waals surface area contributed by atoms with E-state index in [1.54, 1.807) is 20.8 Å². The van der Waals surface area contributed by atoms with Crippen LogP contribution in [0.5, 0.6) is 0 Å².